The second kappa shape index (κ2) is 5.22. The fourth-order valence-corrected chi connectivity index (χ4v) is 4.48. The first-order valence-corrected chi connectivity index (χ1v) is 6.67. The van der Waals surface area contributed by atoms with Gasteiger partial charge in [0.2, 0.25) is 0 Å². The Labute approximate surface area is 110 Å². The second-order valence-corrected chi connectivity index (χ2v) is 6.06. The molecule has 0 atom stereocenters. The summed E-state index contributed by atoms with van der Waals surface area (Å²) >= 11 is 0. The van der Waals surface area contributed by atoms with Gasteiger partial charge in [-0.1, -0.05) is 54.6 Å². The van der Waals surface area contributed by atoms with Gasteiger partial charge in [0.05, 0.1) is 0 Å². The third-order valence-corrected chi connectivity index (χ3v) is 5.34. The zero-order valence-corrected chi connectivity index (χ0v) is 10.9. The van der Waals surface area contributed by atoms with Crippen LogP contribution >= 0.6 is 16.4 Å². The van der Waals surface area contributed by atoms with Crippen LogP contribution in [0.1, 0.15) is 0 Å². The minimum absolute atomic E-state index is 0. The summed E-state index contributed by atoms with van der Waals surface area (Å²) in [6.45, 7) is 0. The number of rotatable bonds is 1. The molecule has 0 amide bonds. The molecule has 72 valence electrons. The molecule has 3 rings (SSSR count). The van der Waals surface area contributed by atoms with Gasteiger partial charge >= 0.3 is 18.9 Å². The number of benzene rings is 2. The second-order valence-electron chi connectivity index (χ2n) is 3.40. The van der Waals surface area contributed by atoms with Gasteiger partial charge in [0.1, 0.15) is 0 Å². The number of hydrogen-bond donors (Lipinski definition) is 0. The summed E-state index contributed by atoms with van der Waals surface area (Å²) in [5, 5.41) is 4.41. The molecule has 0 aliphatic rings. The van der Waals surface area contributed by atoms with E-state index in [4.69, 9.17) is 0 Å². The van der Waals surface area contributed by atoms with Crippen LogP contribution in [0.4, 0.5) is 0 Å². The minimum Gasteiger partial charge on any atom is -0.298 e. The summed E-state index contributed by atoms with van der Waals surface area (Å²) in [6.07, 6.45) is 0. The van der Waals surface area contributed by atoms with Gasteiger partial charge in [-0.2, -0.15) is 5.03 Å². The summed E-state index contributed by atoms with van der Waals surface area (Å²) < 4.78 is 0. The van der Waals surface area contributed by atoms with E-state index >= 15 is 0 Å². The van der Waals surface area contributed by atoms with Crippen molar-refractivity contribution in [3.63, 3.8) is 0 Å². The molecule has 16 heavy (non-hydrogen) atoms. The molecule has 0 unspecified atom stereocenters. The first-order valence-electron chi connectivity index (χ1n) is 4.88. The van der Waals surface area contributed by atoms with Crippen molar-refractivity contribution < 1.29 is 18.9 Å². The average molecular weight is 234 g/mol. The van der Waals surface area contributed by atoms with Crippen molar-refractivity contribution in [1.29, 1.82) is 0 Å². The van der Waals surface area contributed by atoms with Gasteiger partial charge in [-0.05, 0) is 5.56 Å². The smallest absolute Gasteiger partial charge is 0.298 e. The van der Waals surface area contributed by atoms with E-state index in [0.717, 1.165) is 0 Å². The Kier molecular flexibility index (Phi) is 3.91. The monoisotopic (exact) mass is 234 g/mol. The van der Waals surface area contributed by atoms with Crippen molar-refractivity contribution in [3.05, 3.63) is 54.6 Å². The predicted molar refractivity (Wildman–Crippen MR) is 70.0 cm³/mol. The maximum atomic E-state index is 2.22. The van der Waals surface area contributed by atoms with Crippen LogP contribution in [0.5, 0.6) is 0 Å². The van der Waals surface area contributed by atoms with Crippen LogP contribution in [0.3, 0.4) is 0 Å². The van der Waals surface area contributed by atoms with E-state index in [9.17, 15) is 0 Å². The standard InChI is InChI=1S/C13H9P2.Li/c1-2-6-10(7-3-1)13-14-11-8-4-5-9-12(11)15-13;/h1-9H;/q-1;+1. The summed E-state index contributed by atoms with van der Waals surface area (Å²) in [4.78, 5) is 0. The topological polar surface area (TPSA) is 0 Å². The van der Waals surface area contributed by atoms with E-state index in [1.54, 1.807) is 0 Å². The normalized spacial score (nSPS) is 11.0. The summed E-state index contributed by atoms with van der Waals surface area (Å²) in [5.74, 6) is 0. The molecule has 0 N–H and O–H groups in total. The average Bonchev–Trinajstić information content (AvgIpc) is 2.74. The third kappa shape index (κ3) is 2.27. The number of hydrogen-bond acceptors (Lipinski definition) is 0. The van der Waals surface area contributed by atoms with Crippen LogP contribution in [-0.4, -0.2) is 0 Å². The van der Waals surface area contributed by atoms with E-state index in [1.807, 2.05) is 0 Å². The molecule has 1 heterocycles. The Morgan fingerprint density at radius 2 is 1.50 bits per heavy atom. The van der Waals surface area contributed by atoms with Gasteiger partial charge < -0.3 is 0 Å². The molecule has 3 aromatic rings. The zero-order chi connectivity index (χ0) is 10.1. The number of fused-ring (bicyclic) bond motifs is 1. The van der Waals surface area contributed by atoms with Crippen LogP contribution in [-0.2, 0) is 0 Å². The van der Waals surface area contributed by atoms with Crippen LogP contribution in [0.2, 0.25) is 0 Å². The quantitative estimate of drug-likeness (QED) is 0.567. The molecule has 2 aromatic carbocycles. The van der Waals surface area contributed by atoms with Crippen molar-refractivity contribution in [2.75, 3.05) is 0 Å². The molecular formula is C13H9LiP2. The van der Waals surface area contributed by atoms with Gasteiger partial charge in [-0.3, -0.25) is 16.4 Å². The Morgan fingerprint density at radius 1 is 0.812 bits per heavy atom. The molecule has 3 heteroatoms. The maximum Gasteiger partial charge on any atom is 1.00 e. The van der Waals surface area contributed by atoms with E-state index in [0.29, 0.717) is 0 Å². The molecule has 0 nitrogen and oxygen atoms in total. The molecule has 0 saturated heterocycles. The predicted octanol–water partition coefficient (Wildman–Crippen LogP) is 2.39. The molecule has 1 aromatic heterocycles. The Morgan fingerprint density at radius 3 is 2.25 bits per heavy atom. The van der Waals surface area contributed by atoms with E-state index < -0.39 is 0 Å². The van der Waals surface area contributed by atoms with E-state index in [2.05, 4.69) is 54.6 Å². The molecule has 0 spiro atoms. The van der Waals surface area contributed by atoms with Crippen molar-refractivity contribution in [3.8, 4) is 10.6 Å². The Bertz CT molecular complexity index is 554. The van der Waals surface area contributed by atoms with Crippen LogP contribution in [0.15, 0.2) is 54.6 Å². The summed E-state index contributed by atoms with van der Waals surface area (Å²) in [5.41, 5.74) is 1.37. The zero-order valence-electron chi connectivity index (χ0n) is 9.09. The van der Waals surface area contributed by atoms with Crippen LogP contribution in [0.25, 0.3) is 20.8 Å². The van der Waals surface area contributed by atoms with Gasteiger partial charge in [0.15, 0.2) is 0 Å². The molecule has 0 aliphatic heterocycles. The van der Waals surface area contributed by atoms with Gasteiger partial charge in [0.25, 0.3) is 0 Å². The minimum atomic E-state index is 0. The van der Waals surface area contributed by atoms with Crippen LogP contribution < -0.4 is 18.9 Å². The molecule has 0 bridgehead atoms. The molecule has 0 fully saturated rings. The molecule has 0 radical (unpaired) electrons. The third-order valence-electron chi connectivity index (χ3n) is 2.37. The molecular weight excluding hydrogens is 225 g/mol. The largest absolute Gasteiger partial charge is 1.00 e. The van der Waals surface area contributed by atoms with Crippen molar-refractivity contribution in [2.24, 2.45) is 0 Å². The van der Waals surface area contributed by atoms with Crippen LogP contribution in [0, 0.1) is 0 Å². The van der Waals surface area contributed by atoms with Crippen molar-refractivity contribution >= 4 is 26.6 Å². The maximum absolute atomic E-state index is 2.22. The fourth-order valence-electron chi connectivity index (χ4n) is 1.62. The van der Waals surface area contributed by atoms with Crippen molar-refractivity contribution in [2.45, 2.75) is 0 Å². The Balaban J connectivity index is 0.000000963. The van der Waals surface area contributed by atoms with Gasteiger partial charge in [-0.25, -0.2) is 0 Å². The summed E-state index contributed by atoms with van der Waals surface area (Å²) in [6, 6.07) is 19.4. The first kappa shape index (κ1) is 12.0. The summed E-state index contributed by atoms with van der Waals surface area (Å²) in [7, 11) is 2.75. The molecule has 0 aliphatic carbocycles. The SMILES string of the molecule is [Li+].c1ccc(-c2pc3ccccc3[p-]2)cc1. The van der Waals surface area contributed by atoms with E-state index in [1.165, 1.54) is 37.2 Å². The molecule has 0 saturated carbocycles. The Hall–Kier alpha value is -0.493. The van der Waals surface area contributed by atoms with E-state index in [-0.39, 0.29) is 18.9 Å². The van der Waals surface area contributed by atoms with Gasteiger partial charge in [0, 0.05) is 0 Å². The first-order chi connectivity index (χ1) is 7.43. The van der Waals surface area contributed by atoms with Gasteiger partial charge in [-0.15, -0.1) is 10.2 Å². The fraction of sp³-hybridized carbons (Fsp3) is 0. The van der Waals surface area contributed by atoms with Crippen molar-refractivity contribution in [1.82, 2.24) is 0 Å².